The topological polar surface area (TPSA) is 21.6 Å². The Morgan fingerprint density at radius 2 is 2.83 bits per heavy atom. The fourth-order valence-corrected chi connectivity index (χ4v) is 0.236. The summed E-state index contributed by atoms with van der Waals surface area (Å²) in [4.78, 5) is 3.62. The highest BCUT2D eigenvalue weighted by Crippen LogP contribution is 1.97. The lowest BCUT2D eigenvalue weighted by molar-refractivity contribution is 0.505. The second-order valence-corrected chi connectivity index (χ2v) is 1.08. The van der Waals surface area contributed by atoms with Crippen LogP contribution in [0.4, 0.5) is 0 Å². The first kappa shape index (κ1) is 3.32. The van der Waals surface area contributed by atoms with Crippen molar-refractivity contribution in [1.29, 1.82) is 0 Å². The number of aliphatic imine (C=N–C) groups is 1. The van der Waals surface area contributed by atoms with Gasteiger partial charge in [0.1, 0.15) is 0 Å². The van der Waals surface area contributed by atoms with Crippen LogP contribution in [0.3, 0.4) is 0 Å². The molecule has 0 unspecified atom stereocenters. The molecular formula is C4H4NO+. The number of hydrogen-bond acceptors (Lipinski definition) is 2. The maximum Gasteiger partial charge on any atom is 0.369 e. The third-order valence-corrected chi connectivity index (χ3v) is 0.504. The van der Waals surface area contributed by atoms with Crippen molar-refractivity contribution in [2.24, 2.45) is 4.99 Å². The van der Waals surface area contributed by atoms with E-state index < -0.39 is 0 Å². The molecule has 0 fully saturated rings. The molecule has 6 heavy (non-hydrogen) atoms. The van der Waals surface area contributed by atoms with Gasteiger partial charge in [-0.2, -0.15) is 0 Å². The highest BCUT2D eigenvalue weighted by molar-refractivity contribution is 5.52. The van der Waals surface area contributed by atoms with Crippen LogP contribution < -0.4 is 0 Å². The van der Waals surface area contributed by atoms with Crippen molar-refractivity contribution in [3.05, 3.63) is 12.0 Å². The predicted octanol–water partition coefficient (Wildman–Crippen LogP) is 0.783. The summed E-state index contributed by atoms with van der Waals surface area (Å²) in [5.41, 5.74) is 0.870. The van der Waals surface area contributed by atoms with Gasteiger partial charge in [-0.25, -0.2) is 0 Å². The Bertz CT molecular complexity index is 101. The maximum absolute atomic E-state index is 4.48. The fraction of sp³-hybridized carbons (Fsp3) is 0.250. The van der Waals surface area contributed by atoms with Crippen molar-refractivity contribution in [3.63, 3.8) is 0 Å². The van der Waals surface area contributed by atoms with Crippen LogP contribution >= 0.6 is 0 Å². The van der Waals surface area contributed by atoms with Crippen LogP contribution in [0, 0.1) is 0 Å². The molecule has 1 rings (SSSR count). The summed E-state index contributed by atoms with van der Waals surface area (Å²) in [5, 5.41) is 0. The van der Waals surface area contributed by atoms with E-state index in [1.165, 1.54) is 0 Å². The number of rotatable bonds is 0. The third kappa shape index (κ3) is 0.374. The quantitative estimate of drug-likeness (QED) is 0.396. The van der Waals surface area contributed by atoms with Gasteiger partial charge in [0.15, 0.2) is 0 Å². The average molecular weight is 82.1 g/mol. The van der Waals surface area contributed by atoms with Crippen LogP contribution in [0.25, 0.3) is 0 Å². The summed E-state index contributed by atoms with van der Waals surface area (Å²) in [7, 11) is 0. The summed E-state index contributed by atoms with van der Waals surface area (Å²) in [6.07, 6.45) is 3.85. The van der Waals surface area contributed by atoms with Crippen molar-refractivity contribution < 1.29 is 4.74 Å². The zero-order chi connectivity index (χ0) is 4.41. The Kier molecular flexibility index (Phi) is 0.592. The van der Waals surface area contributed by atoms with Crippen LogP contribution in [0.15, 0.2) is 17.0 Å². The van der Waals surface area contributed by atoms with Gasteiger partial charge in [0.25, 0.3) is 6.26 Å². The largest absolute Gasteiger partial charge is 0.369 e. The zero-order valence-electron chi connectivity index (χ0n) is 3.43. The summed E-state index contributed by atoms with van der Waals surface area (Å²) >= 11 is 0. The molecule has 0 amide bonds. The minimum absolute atomic E-state index is 0.870. The van der Waals surface area contributed by atoms with Crippen LogP contribution in [0.5, 0.6) is 0 Å². The molecule has 30 valence electrons. The number of hydrogen-bond donors (Lipinski definition) is 0. The highest BCUT2D eigenvalue weighted by atomic mass is 16.5. The molecule has 0 aliphatic carbocycles. The summed E-state index contributed by atoms with van der Waals surface area (Å²) in [5.74, 6) is 0. The SMILES string of the molecule is CC1=CO[C+]=N1. The van der Waals surface area contributed by atoms with Gasteiger partial charge in [0.05, 0.1) is 0 Å². The third-order valence-electron chi connectivity index (χ3n) is 0.504. The molecule has 0 aromatic carbocycles. The minimum atomic E-state index is 0.870. The van der Waals surface area contributed by atoms with Gasteiger partial charge in [-0.1, -0.05) is 0 Å². The van der Waals surface area contributed by atoms with Gasteiger partial charge >= 0.3 is 6.40 Å². The number of nitrogens with zero attached hydrogens (tertiary/aromatic N) is 1. The Labute approximate surface area is 36.1 Å². The van der Waals surface area contributed by atoms with Crippen molar-refractivity contribution in [2.45, 2.75) is 6.92 Å². The molecule has 0 spiro atoms. The van der Waals surface area contributed by atoms with Crippen LogP contribution in [-0.2, 0) is 4.74 Å². The van der Waals surface area contributed by atoms with Crippen LogP contribution in [0.2, 0.25) is 0 Å². The normalized spacial score (nSPS) is 15.8. The number of ether oxygens (including phenoxy) is 1. The molecule has 0 radical (unpaired) electrons. The van der Waals surface area contributed by atoms with Gasteiger partial charge in [0, 0.05) is 6.92 Å². The smallest absolute Gasteiger partial charge is 0.260 e. The van der Waals surface area contributed by atoms with Gasteiger partial charge in [-0.05, 0) is 4.99 Å². The van der Waals surface area contributed by atoms with Crippen molar-refractivity contribution in [2.75, 3.05) is 0 Å². The monoisotopic (exact) mass is 82.0 g/mol. The van der Waals surface area contributed by atoms with Gasteiger partial charge in [-0.3, -0.25) is 4.74 Å². The van der Waals surface area contributed by atoms with E-state index in [-0.39, 0.29) is 0 Å². The lowest BCUT2D eigenvalue weighted by Gasteiger charge is -1.54. The second-order valence-electron chi connectivity index (χ2n) is 1.08. The maximum atomic E-state index is 4.48. The first-order valence-electron chi connectivity index (χ1n) is 1.68. The molecule has 0 aromatic rings. The molecule has 0 atom stereocenters. The van der Waals surface area contributed by atoms with E-state index in [9.17, 15) is 0 Å². The lowest BCUT2D eigenvalue weighted by atomic mass is 10.6. The first-order valence-corrected chi connectivity index (χ1v) is 1.68. The van der Waals surface area contributed by atoms with Crippen molar-refractivity contribution in [3.8, 4) is 0 Å². The summed E-state index contributed by atoms with van der Waals surface area (Å²) in [6, 6.07) is 0. The van der Waals surface area contributed by atoms with E-state index in [2.05, 4.69) is 16.1 Å². The van der Waals surface area contributed by atoms with Crippen molar-refractivity contribution in [1.82, 2.24) is 0 Å². The molecule has 2 heteroatoms. The average Bonchev–Trinajstić information content (AvgIpc) is 1.86. The standard InChI is InChI=1S/C4H4NO/c1-4-2-6-3-5-4/h2H,1H3/q+1. The van der Waals surface area contributed by atoms with Crippen molar-refractivity contribution >= 4 is 6.40 Å². The van der Waals surface area contributed by atoms with E-state index in [0.29, 0.717) is 0 Å². The Hall–Kier alpha value is -0.880. The zero-order valence-corrected chi connectivity index (χ0v) is 3.43. The number of allylic oxidation sites excluding steroid dienone is 1. The molecule has 0 saturated carbocycles. The molecule has 2 nitrogen and oxygen atoms in total. The second kappa shape index (κ2) is 1.07. The highest BCUT2D eigenvalue weighted by Gasteiger charge is 2.03. The Morgan fingerprint density at radius 3 is 3.00 bits per heavy atom. The molecule has 1 aliphatic rings. The molecule has 1 heterocycles. The lowest BCUT2D eigenvalue weighted by Crippen LogP contribution is -1.60. The Balaban J connectivity index is 2.68. The molecule has 0 bridgehead atoms. The minimum Gasteiger partial charge on any atom is -0.260 e. The first-order chi connectivity index (χ1) is 2.89. The molecule has 1 aliphatic heterocycles. The van der Waals surface area contributed by atoms with Crippen LogP contribution in [-0.4, -0.2) is 6.40 Å². The van der Waals surface area contributed by atoms with Gasteiger partial charge < -0.3 is 0 Å². The molecule has 0 aromatic heterocycles. The van der Waals surface area contributed by atoms with Crippen LogP contribution in [0.1, 0.15) is 6.92 Å². The summed E-state index contributed by atoms with van der Waals surface area (Å²) < 4.78 is 4.48. The van der Waals surface area contributed by atoms with E-state index in [1.54, 1.807) is 6.26 Å². The fourth-order valence-electron chi connectivity index (χ4n) is 0.236. The van der Waals surface area contributed by atoms with E-state index in [4.69, 9.17) is 0 Å². The summed E-state index contributed by atoms with van der Waals surface area (Å²) in [6.45, 7) is 1.85. The molecule has 0 N–H and O–H groups in total. The molecular weight excluding hydrogens is 78.1 g/mol. The Morgan fingerprint density at radius 1 is 2.00 bits per heavy atom. The van der Waals surface area contributed by atoms with E-state index >= 15 is 0 Å². The van der Waals surface area contributed by atoms with Gasteiger partial charge in [-0.15, -0.1) is 0 Å². The predicted molar refractivity (Wildman–Crippen MR) is 22.3 cm³/mol. The van der Waals surface area contributed by atoms with E-state index in [0.717, 1.165) is 5.70 Å². The molecule has 0 saturated heterocycles. The van der Waals surface area contributed by atoms with E-state index in [1.807, 2.05) is 6.92 Å². The van der Waals surface area contributed by atoms with Gasteiger partial charge in [0.2, 0.25) is 5.70 Å².